The predicted octanol–water partition coefficient (Wildman–Crippen LogP) is 3.80. The number of halogens is 1. The molecule has 2 aromatic rings. The summed E-state index contributed by atoms with van der Waals surface area (Å²) in [5.74, 6) is 0.873. The monoisotopic (exact) mass is 261 g/mol. The Balaban J connectivity index is 0.00000120. The number of piperidine rings is 1. The largest absolute Gasteiger partial charge is 0.317 e. The van der Waals surface area contributed by atoms with Gasteiger partial charge in [0.1, 0.15) is 0 Å². The molecule has 1 aliphatic rings. The molecule has 0 unspecified atom stereocenters. The molecule has 1 aliphatic heterocycles. The van der Waals surface area contributed by atoms with Gasteiger partial charge in [-0.05, 0) is 54.6 Å². The van der Waals surface area contributed by atoms with E-state index in [1.54, 1.807) is 0 Å². The van der Waals surface area contributed by atoms with Crippen LogP contribution in [-0.2, 0) is 6.42 Å². The molecule has 0 radical (unpaired) electrons. The molecule has 96 valence electrons. The molecular formula is C16H20ClN. The number of fused-ring (bicyclic) bond motifs is 1. The van der Waals surface area contributed by atoms with Gasteiger partial charge in [0.25, 0.3) is 0 Å². The molecule has 2 heteroatoms. The molecule has 3 rings (SSSR count). The second-order valence-corrected chi connectivity index (χ2v) is 5.08. The second kappa shape index (κ2) is 6.21. The molecule has 1 saturated heterocycles. The third-order valence-electron chi connectivity index (χ3n) is 3.80. The number of rotatable bonds is 2. The van der Waals surface area contributed by atoms with E-state index in [1.807, 2.05) is 0 Å². The average molecular weight is 262 g/mol. The maximum absolute atomic E-state index is 3.43. The highest BCUT2D eigenvalue weighted by atomic mass is 35.5. The van der Waals surface area contributed by atoms with Gasteiger partial charge in [0, 0.05) is 0 Å². The average Bonchev–Trinajstić information content (AvgIpc) is 2.40. The lowest BCUT2D eigenvalue weighted by Gasteiger charge is -2.22. The van der Waals surface area contributed by atoms with Gasteiger partial charge >= 0.3 is 0 Å². The molecule has 1 heterocycles. The predicted molar refractivity (Wildman–Crippen MR) is 80.5 cm³/mol. The van der Waals surface area contributed by atoms with E-state index in [9.17, 15) is 0 Å². The minimum absolute atomic E-state index is 0. The van der Waals surface area contributed by atoms with Crippen molar-refractivity contribution in [1.29, 1.82) is 0 Å². The van der Waals surface area contributed by atoms with E-state index in [2.05, 4.69) is 47.8 Å². The number of hydrogen-bond donors (Lipinski definition) is 1. The summed E-state index contributed by atoms with van der Waals surface area (Å²) in [7, 11) is 0. The van der Waals surface area contributed by atoms with Crippen molar-refractivity contribution in [2.45, 2.75) is 19.3 Å². The lowest BCUT2D eigenvalue weighted by atomic mass is 9.90. The fourth-order valence-electron chi connectivity index (χ4n) is 2.78. The minimum Gasteiger partial charge on any atom is -0.317 e. The Morgan fingerprint density at radius 3 is 2.44 bits per heavy atom. The van der Waals surface area contributed by atoms with Gasteiger partial charge in [-0.3, -0.25) is 0 Å². The smallest absolute Gasteiger partial charge is 0.00462 e. The van der Waals surface area contributed by atoms with E-state index in [1.165, 1.54) is 48.7 Å². The summed E-state index contributed by atoms with van der Waals surface area (Å²) in [6.45, 7) is 2.39. The second-order valence-electron chi connectivity index (χ2n) is 5.08. The van der Waals surface area contributed by atoms with Gasteiger partial charge < -0.3 is 5.32 Å². The van der Waals surface area contributed by atoms with Crippen LogP contribution in [0.5, 0.6) is 0 Å². The van der Waals surface area contributed by atoms with Crippen molar-refractivity contribution in [3.05, 3.63) is 48.0 Å². The van der Waals surface area contributed by atoms with Crippen molar-refractivity contribution in [2.24, 2.45) is 5.92 Å². The summed E-state index contributed by atoms with van der Waals surface area (Å²) in [6, 6.07) is 15.5. The lowest BCUT2D eigenvalue weighted by molar-refractivity contribution is 0.373. The minimum atomic E-state index is 0. The van der Waals surface area contributed by atoms with Gasteiger partial charge in [0.05, 0.1) is 0 Å². The number of hydrogen-bond acceptors (Lipinski definition) is 1. The van der Waals surface area contributed by atoms with E-state index in [0.29, 0.717) is 0 Å². The van der Waals surface area contributed by atoms with Crippen molar-refractivity contribution >= 4 is 23.2 Å². The molecule has 0 aromatic heterocycles. The van der Waals surface area contributed by atoms with Crippen LogP contribution >= 0.6 is 12.4 Å². The Morgan fingerprint density at radius 2 is 1.67 bits per heavy atom. The van der Waals surface area contributed by atoms with Crippen LogP contribution in [0.4, 0.5) is 0 Å². The maximum atomic E-state index is 3.43. The molecule has 0 aliphatic carbocycles. The van der Waals surface area contributed by atoms with Crippen LogP contribution in [0.25, 0.3) is 10.8 Å². The Bertz CT molecular complexity index is 503. The summed E-state index contributed by atoms with van der Waals surface area (Å²) in [6.07, 6.45) is 3.90. The molecule has 18 heavy (non-hydrogen) atoms. The molecule has 0 amide bonds. The van der Waals surface area contributed by atoms with Crippen LogP contribution in [0.1, 0.15) is 18.4 Å². The third-order valence-corrected chi connectivity index (χ3v) is 3.80. The Kier molecular flexibility index (Phi) is 4.62. The Hall–Kier alpha value is -1.05. The normalized spacial score (nSPS) is 16.4. The van der Waals surface area contributed by atoms with E-state index < -0.39 is 0 Å². The van der Waals surface area contributed by atoms with Crippen molar-refractivity contribution in [3.8, 4) is 0 Å². The first-order chi connectivity index (χ1) is 8.42. The first-order valence-electron chi connectivity index (χ1n) is 6.60. The SMILES string of the molecule is Cl.c1ccc2cc(CC3CCNCC3)ccc2c1. The molecule has 1 N–H and O–H groups in total. The summed E-state index contributed by atoms with van der Waals surface area (Å²) in [4.78, 5) is 0. The van der Waals surface area contributed by atoms with Crippen molar-refractivity contribution in [2.75, 3.05) is 13.1 Å². The van der Waals surface area contributed by atoms with Crippen LogP contribution in [0.3, 0.4) is 0 Å². The molecule has 1 fully saturated rings. The molecule has 2 aromatic carbocycles. The number of benzene rings is 2. The van der Waals surface area contributed by atoms with E-state index in [4.69, 9.17) is 0 Å². The standard InChI is InChI=1S/C16H19N.ClH/c1-2-4-16-12-14(5-6-15(16)3-1)11-13-7-9-17-10-8-13;/h1-6,12-13,17H,7-11H2;1H. The first-order valence-corrected chi connectivity index (χ1v) is 6.60. The third kappa shape index (κ3) is 3.04. The summed E-state index contributed by atoms with van der Waals surface area (Å²) in [5.41, 5.74) is 1.50. The Morgan fingerprint density at radius 1 is 0.944 bits per heavy atom. The molecule has 0 atom stereocenters. The van der Waals surface area contributed by atoms with E-state index in [0.717, 1.165) is 5.92 Å². The van der Waals surface area contributed by atoms with Crippen LogP contribution in [0, 0.1) is 5.92 Å². The quantitative estimate of drug-likeness (QED) is 0.867. The Labute approximate surface area is 115 Å². The summed E-state index contributed by atoms with van der Waals surface area (Å²) in [5, 5.41) is 6.15. The maximum Gasteiger partial charge on any atom is -0.00462 e. The molecule has 0 saturated carbocycles. The van der Waals surface area contributed by atoms with Gasteiger partial charge in [-0.2, -0.15) is 0 Å². The molecule has 0 spiro atoms. The van der Waals surface area contributed by atoms with Gasteiger partial charge in [-0.15, -0.1) is 12.4 Å². The highest BCUT2D eigenvalue weighted by molar-refractivity contribution is 5.85. The molecule has 0 bridgehead atoms. The van der Waals surface area contributed by atoms with Crippen molar-refractivity contribution < 1.29 is 0 Å². The zero-order valence-corrected chi connectivity index (χ0v) is 11.4. The van der Waals surface area contributed by atoms with Crippen molar-refractivity contribution in [3.63, 3.8) is 0 Å². The van der Waals surface area contributed by atoms with Crippen LogP contribution < -0.4 is 5.32 Å². The lowest BCUT2D eigenvalue weighted by Crippen LogP contribution is -2.28. The topological polar surface area (TPSA) is 12.0 Å². The fraction of sp³-hybridized carbons (Fsp3) is 0.375. The van der Waals surface area contributed by atoms with Crippen molar-refractivity contribution in [1.82, 2.24) is 5.32 Å². The summed E-state index contributed by atoms with van der Waals surface area (Å²) >= 11 is 0. The zero-order chi connectivity index (χ0) is 11.5. The fourth-order valence-corrected chi connectivity index (χ4v) is 2.78. The zero-order valence-electron chi connectivity index (χ0n) is 10.6. The molecular weight excluding hydrogens is 242 g/mol. The van der Waals surface area contributed by atoms with Crippen LogP contribution in [0.2, 0.25) is 0 Å². The van der Waals surface area contributed by atoms with Crippen LogP contribution in [-0.4, -0.2) is 13.1 Å². The van der Waals surface area contributed by atoms with E-state index in [-0.39, 0.29) is 12.4 Å². The highest BCUT2D eigenvalue weighted by Gasteiger charge is 2.13. The first kappa shape index (κ1) is 13.4. The van der Waals surface area contributed by atoms with Gasteiger partial charge in [-0.25, -0.2) is 0 Å². The van der Waals surface area contributed by atoms with Gasteiger partial charge in [0.2, 0.25) is 0 Å². The van der Waals surface area contributed by atoms with Crippen LogP contribution in [0.15, 0.2) is 42.5 Å². The van der Waals surface area contributed by atoms with Gasteiger partial charge in [0.15, 0.2) is 0 Å². The number of nitrogens with one attached hydrogen (secondary N) is 1. The molecule has 1 nitrogen and oxygen atoms in total. The van der Waals surface area contributed by atoms with E-state index >= 15 is 0 Å². The highest BCUT2D eigenvalue weighted by Crippen LogP contribution is 2.21. The summed E-state index contributed by atoms with van der Waals surface area (Å²) < 4.78 is 0. The van der Waals surface area contributed by atoms with Gasteiger partial charge in [-0.1, -0.05) is 42.5 Å².